The summed E-state index contributed by atoms with van der Waals surface area (Å²) >= 11 is 0. The van der Waals surface area contributed by atoms with Crippen LogP contribution in [-0.4, -0.2) is 109 Å². The maximum Gasteiger partial charge on any atom is 0.204 e. The van der Waals surface area contributed by atoms with Crippen LogP contribution in [-0.2, 0) is 42.6 Å². The van der Waals surface area contributed by atoms with Gasteiger partial charge in [0, 0.05) is 65.3 Å². The van der Waals surface area contributed by atoms with Crippen molar-refractivity contribution in [1.29, 1.82) is 0 Å². The van der Waals surface area contributed by atoms with Crippen LogP contribution in [0, 0.1) is 23.7 Å². The highest BCUT2D eigenvalue weighted by molar-refractivity contribution is 4.88. The number of methoxy groups -OCH3 is 4. The third kappa shape index (κ3) is 19.7. The van der Waals surface area contributed by atoms with Gasteiger partial charge in [0.05, 0.1) is 56.1 Å². The van der Waals surface area contributed by atoms with Gasteiger partial charge in [0.25, 0.3) is 0 Å². The van der Waals surface area contributed by atoms with E-state index in [0.29, 0.717) is 26.4 Å². The van der Waals surface area contributed by atoms with Crippen LogP contribution in [0.15, 0.2) is 12.3 Å². The molecular formula is C43H84O10. The number of allylic oxidation sites excluding steroid dienone is 1. The van der Waals surface area contributed by atoms with Crippen molar-refractivity contribution in [3.8, 4) is 0 Å². The first kappa shape index (κ1) is 50.2. The molecule has 12 unspecified atom stereocenters. The first-order chi connectivity index (χ1) is 25.6. The Morgan fingerprint density at radius 2 is 1.04 bits per heavy atom. The Kier molecular flexibility index (Phi) is 29.6. The summed E-state index contributed by atoms with van der Waals surface area (Å²) in [6.45, 7) is 17.2. The molecule has 0 saturated carbocycles. The zero-order valence-corrected chi connectivity index (χ0v) is 35.9. The van der Waals surface area contributed by atoms with Gasteiger partial charge in [-0.2, -0.15) is 0 Å². The number of rotatable bonds is 28. The second-order valence-corrected chi connectivity index (χ2v) is 15.4. The van der Waals surface area contributed by atoms with Gasteiger partial charge in [-0.05, 0) is 32.6 Å². The maximum absolute atomic E-state index is 10.1. The lowest BCUT2D eigenvalue weighted by Crippen LogP contribution is -2.52. The van der Waals surface area contributed by atoms with Crippen LogP contribution in [0.5, 0.6) is 0 Å². The van der Waals surface area contributed by atoms with Crippen LogP contribution in [0.2, 0.25) is 0 Å². The molecule has 0 aromatic rings. The number of unbranched alkanes of at least 4 members (excludes halogenated alkanes) is 8. The van der Waals surface area contributed by atoms with E-state index in [1.165, 1.54) is 64.2 Å². The molecule has 2 aliphatic rings. The normalized spacial score (nSPS) is 30.2. The third-order valence-corrected chi connectivity index (χ3v) is 11.2. The lowest BCUT2D eigenvalue weighted by atomic mass is 9.85. The van der Waals surface area contributed by atoms with Crippen molar-refractivity contribution in [3.63, 3.8) is 0 Å². The molecule has 2 saturated heterocycles. The van der Waals surface area contributed by atoms with E-state index in [1.807, 2.05) is 27.0 Å². The van der Waals surface area contributed by atoms with Crippen LogP contribution in [0.4, 0.5) is 0 Å². The van der Waals surface area contributed by atoms with Gasteiger partial charge in [0.2, 0.25) is 6.29 Å². The zero-order chi connectivity index (χ0) is 39.4. The number of aliphatic hydroxyl groups excluding tert-OH is 1. The summed E-state index contributed by atoms with van der Waals surface area (Å²) in [7, 11) is 6.95. The molecular weight excluding hydrogens is 676 g/mol. The lowest BCUT2D eigenvalue weighted by Gasteiger charge is -2.43. The van der Waals surface area contributed by atoms with E-state index < -0.39 is 6.29 Å². The Morgan fingerprint density at radius 3 is 1.47 bits per heavy atom. The van der Waals surface area contributed by atoms with Crippen molar-refractivity contribution in [3.05, 3.63) is 12.3 Å². The summed E-state index contributed by atoms with van der Waals surface area (Å²) in [5.74, 6) is 0.538. The molecule has 0 aromatic heterocycles. The van der Waals surface area contributed by atoms with Gasteiger partial charge in [-0.25, -0.2) is 0 Å². The standard InChI is InChI=1S/C23H44O5.C20H40O5/c1-7-9-10-11-12-13-20(25-6)14-16-26-22-18(3)21(17-24-5)28-23(19(22)4)27-15-8-2;1-6-7-8-9-10-11-17(23-5)12-13-24-19-15(2)18(14-22-4)25-20(21)16(19)3/h8,15,18-23H,7,9-14,16-17H2,1-6H3;15-21H,6-14H2,1-5H3/b15-8-;. The molecule has 0 bridgehead atoms. The smallest absolute Gasteiger partial charge is 0.204 e. The van der Waals surface area contributed by atoms with E-state index in [4.69, 9.17) is 42.6 Å². The van der Waals surface area contributed by atoms with Crippen molar-refractivity contribution >= 4 is 0 Å². The summed E-state index contributed by atoms with van der Waals surface area (Å²) in [4.78, 5) is 0. The predicted octanol–water partition coefficient (Wildman–Crippen LogP) is 9.10. The molecule has 0 spiro atoms. The fraction of sp³-hybridized carbons (Fsp3) is 0.953. The van der Waals surface area contributed by atoms with Gasteiger partial charge < -0.3 is 47.7 Å². The lowest BCUT2D eigenvalue weighted by molar-refractivity contribution is -0.260. The molecule has 2 aliphatic heterocycles. The Labute approximate surface area is 325 Å². The van der Waals surface area contributed by atoms with E-state index in [1.54, 1.807) is 27.6 Å². The van der Waals surface area contributed by atoms with Gasteiger partial charge in [-0.3, -0.25) is 0 Å². The topological polar surface area (TPSA) is 103 Å². The zero-order valence-electron chi connectivity index (χ0n) is 35.9. The Hall–Kier alpha value is -0.820. The van der Waals surface area contributed by atoms with Crippen molar-refractivity contribution in [2.24, 2.45) is 23.7 Å². The fourth-order valence-corrected chi connectivity index (χ4v) is 7.56. The van der Waals surface area contributed by atoms with Gasteiger partial charge in [-0.1, -0.05) is 112 Å². The second-order valence-electron chi connectivity index (χ2n) is 15.4. The molecule has 0 aromatic carbocycles. The van der Waals surface area contributed by atoms with Crippen molar-refractivity contribution in [2.45, 2.75) is 188 Å². The molecule has 12 atom stereocenters. The number of ether oxygens (including phenoxy) is 9. The third-order valence-electron chi connectivity index (χ3n) is 11.2. The average molecular weight is 761 g/mol. The minimum absolute atomic E-state index is 0.0223. The van der Waals surface area contributed by atoms with Crippen molar-refractivity contribution in [2.75, 3.05) is 54.9 Å². The first-order valence-corrected chi connectivity index (χ1v) is 21.2. The summed E-state index contributed by atoms with van der Waals surface area (Å²) in [6, 6.07) is 0. The van der Waals surface area contributed by atoms with Crippen molar-refractivity contribution in [1.82, 2.24) is 0 Å². The van der Waals surface area contributed by atoms with Gasteiger partial charge >= 0.3 is 0 Å². The minimum Gasteiger partial charge on any atom is -0.472 e. The largest absolute Gasteiger partial charge is 0.472 e. The highest BCUT2D eigenvalue weighted by Crippen LogP contribution is 2.34. The van der Waals surface area contributed by atoms with Gasteiger partial charge in [-0.15, -0.1) is 0 Å². The summed E-state index contributed by atoms with van der Waals surface area (Å²) in [6.07, 6.45) is 19.8. The van der Waals surface area contributed by atoms with Crippen LogP contribution >= 0.6 is 0 Å². The summed E-state index contributed by atoms with van der Waals surface area (Å²) < 4.78 is 51.9. The number of aliphatic hydroxyl groups is 1. The average Bonchev–Trinajstić information content (AvgIpc) is 3.15. The van der Waals surface area contributed by atoms with Crippen LogP contribution in [0.3, 0.4) is 0 Å². The molecule has 10 nitrogen and oxygen atoms in total. The SMILES string of the molecule is C/C=C\OC1OC(COC)C(C)C(OCCC(CCCCCCC)OC)C1C.CCCCCCCC(CCOC1C(C)C(O)OC(COC)C1C)OC. The highest BCUT2D eigenvalue weighted by atomic mass is 16.7. The minimum atomic E-state index is -0.793. The van der Waals surface area contributed by atoms with Crippen LogP contribution in [0.1, 0.15) is 138 Å². The first-order valence-electron chi connectivity index (χ1n) is 21.2. The van der Waals surface area contributed by atoms with Crippen LogP contribution < -0.4 is 0 Å². The number of hydrogen-bond acceptors (Lipinski definition) is 10. The van der Waals surface area contributed by atoms with Crippen LogP contribution in [0.25, 0.3) is 0 Å². The number of hydrogen-bond donors (Lipinski definition) is 1. The molecule has 10 heteroatoms. The highest BCUT2D eigenvalue weighted by Gasteiger charge is 2.43. The fourth-order valence-electron chi connectivity index (χ4n) is 7.56. The Morgan fingerprint density at radius 1 is 0.585 bits per heavy atom. The monoisotopic (exact) mass is 761 g/mol. The maximum atomic E-state index is 10.1. The molecule has 0 amide bonds. The second kappa shape index (κ2) is 31.3. The quantitative estimate of drug-likeness (QED) is 0.0614. The van der Waals surface area contributed by atoms with E-state index >= 15 is 0 Å². The molecule has 53 heavy (non-hydrogen) atoms. The Balaban J connectivity index is 0.000000533. The molecule has 316 valence electrons. The van der Waals surface area contributed by atoms with E-state index in [-0.39, 0.29) is 66.6 Å². The summed E-state index contributed by atoms with van der Waals surface area (Å²) in [5.41, 5.74) is 0. The van der Waals surface area contributed by atoms with Gasteiger partial charge in [0.15, 0.2) is 6.29 Å². The van der Waals surface area contributed by atoms with E-state index in [0.717, 1.165) is 25.7 Å². The predicted molar refractivity (Wildman–Crippen MR) is 213 cm³/mol. The van der Waals surface area contributed by atoms with E-state index in [2.05, 4.69) is 34.6 Å². The summed E-state index contributed by atoms with van der Waals surface area (Å²) in [5, 5.41) is 10.1. The molecule has 1 N–H and O–H groups in total. The molecule has 2 rings (SSSR count). The molecule has 0 aliphatic carbocycles. The Bertz CT molecular complexity index is 861. The van der Waals surface area contributed by atoms with Gasteiger partial charge in [0.1, 0.15) is 0 Å². The molecule has 2 fully saturated rings. The van der Waals surface area contributed by atoms with E-state index in [9.17, 15) is 5.11 Å². The molecule has 0 radical (unpaired) electrons. The van der Waals surface area contributed by atoms with Crippen molar-refractivity contribution < 1.29 is 47.7 Å². The molecule has 2 heterocycles.